The molecule has 1 aromatic carbocycles. The van der Waals surface area contributed by atoms with Crippen LogP contribution < -0.4 is 0 Å². The monoisotopic (exact) mass is 347 g/mol. The lowest BCUT2D eigenvalue weighted by molar-refractivity contribution is 0.608. The molecule has 94 valence electrons. The molecule has 2 aromatic rings. The zero-order valence-electron chi connectivity index (χ0n) is 9.21. The van der Waals surface area contributed by atoms with Crippen molar-refractivity contribution in [3.05, 3.63) is 63.6 Å². The van der Waals surface area contributed by atoms with Gasteiger partial charge in [-0.3, -0.25) is 4.98 Å². The molecule has 0 spiro atoms. The molecule has 0 bridgehead atoms. The van der Waals surface area contributed by atoms with E-state index in [9.17, 15) is 4.39 Å². The first-order chi connectivity index (χ1) is 8.58. The van der Waals surface area contributed by atoms with Gasteiger partial charge in [-0.05, 0) is 36.2 Å². The average molecular weight is 349 g/mol. The van der Waals surface area contributed by atoms with Gasteiger partial charge < -0.3 is 0 Å². The summed E-state index contributed by atoms with van der Waals surface area (Å²) < 4.78 is 13.7. The van der Waals surface area contributed by atoms with E-state index in [4.69, 9.17) is 23.2 Å². The van der Waals surface area contributed by atoms with E-state index >= 15 is 0 Å². The maximum absolute atomic E-state index is 13.7. The van der Waals surface area contributed by atoms with Crippen molar-refractivity contribution in [2.75, 3.05) is 0 Å². The van der Waals surface area contributed by atoms with Gasteiger partial charge in [-0.15, -0.1) is 0 Å². The van der Waals surface area contributed by atoms with Gasteiger partial charge in [0.25, 0.3) is 0 Å². The lowest BCUT2D eigenvalue weighted by Gasteiger charge is -2.12. The molecule has 0 aliphatic carbocycles. The molecule has 1 heterocycles. The SMILES string of the molecule is Fc1ccc(Cl)cc1C(Br)Cc1ccncc1Cl. The second-order valence-corrected chi connectivity index (χ2v) is 5.75. The summed E-state index contributed by atoms with van der Waals surface area (Å²) in [4.78, 5) is 3.73. The van der Waals surface area contributed by atoms with Crippen LogP contribution in [0.3, 0.4) is 0 Å². The minimum Gasteiger partial charge on any atom is -0.263 e. The van der Waals surface area contributed by atoms with Crippen LogP contribution >= 0.6 is 39.1 Å². The highest BCUT2D eigenvalue weighted by Crippen LogP contribution is 2.32. The zero-order valence-corrected chi connectivity index (χ0v) is 12.3. The topological polar surface area (TPSA) is 12.9 Å². The summed E-state index contributed by atoms with van der Waals surface area (Å²) in [5.41, 5.74) is 1.43. The Morgan fingerprint density at radius 3 is 2.78 bits per heavy atom. The fraction of sp³-hybridized carbons (Fsp3) is 0.154. The van der Waals surface area contributed by atoms with Gasteiger partial charge in [0, 0.05) is 27.8 Å². The van der Waals surface area contributed by atoms with Crippen molar-refractivity contribution in [1.82, 2.24) is 4.98 Å². The zero-order chi connectivity index (χ0) is 13.1. The van der Waals surface area contributed by atoms with Crippen LogP contribution in [0.25, 0.3) is 0 Å². The quantitative estimate of drug-likeness (QED) is 0.694. The lowest BCUT2D eigenvalue weighted by Crippen LogP contribution is -1.99. The van der Waals surface area contributed by atoms with Gasteiger partial charge in [0.05, 0.1) is 5.02 Å². The number of alkyl halides is 1. The van der Waals surface area contributed by atoms with E-state index in [1.54, 1.807) is 18.5 Å². The Labute approximate surface area is 123 Å². The maximum atomic E-state index is 13.7. The van der Waals surface area contributed by atoms with E-state index in [0.29, 0.717) is 22.0 Å². The van der Waals surface area contributed by atoms with Crippen molar-refractivity contribution in [1.29, 1.82) is 0 Å². The van der Waals surface area contributed by atoms with Crippen molar-refractivity contribution < 1.29 is 4.39 Å². The van der Waals surface area contributed by atoms with Crippen LogP contribution in [-0.4, -0.2) is 4.98 Å². The van der Waals surface area contributed by atoms with Crippen LogP contribution in [0.5, 0.6) is 0 Å². The number of rotatable bonds is 3. The van der Waals surface area contributed by atoms with Crippen molar-refractivity contribution in [3.8, 4) is 0 Å². The molecular formula is C13H9BrCl2FN. The van der Waals surface area contributed by atoms with Gasteiger partial charge >= 0.3 is 0 Å². The van der Waals surface area contributed by atoms with E-state index in [-0.39, 0.29) is 10.6 Å². The number of halogens is 4. The molecule has 0 aliphatic rings. The molecule has 0 saturated carbocycles. The Morgan fingerprint density at radius 2 is 2.06 bits per heavy atom. The Hall–Kier alpha value is -0.640. The summed E-state index contributed by atoms with van der Waals surface area (Å²) in [6.07, 6.45) is 3.80. The molecule has 1 aromatic heterocycles. The van der Waals surface area contributed by atoms with Crippen LogP contribution in [0.2, 0.25) is 10.0 Å². The van der Waals surface area contributed by atoms with Gasteiger partial charge in [-0.2, -0.15) is 0 Å². The van der Waals surface area contributed by atoms with Gasteiger partial charge in [0.1, 0.15) is 5.82 Å². The largest absolute Gasteiger partial charge is 0.263 e. The van der Waals surface area contributed by atoms with Crippen molar-refractivity contribution >= 4 is 39.1 Å². The third-order valence-corrected chi connectivity index (χ3v) is 3.94. The Balaban J connectivity index is 2.25. The summed E-state index contributed by atoms with van der Waals surface area (Å²) in [7, 11) is 0. The highest BCUT2D eigenvalue weighted by Gasteiger charge is 2.15. The van der Waals surface area contributed by atoms with Crippen molar-refractivity contribution in [2.45, 2.75) is 11.2 Å². The summed E-state index contributed by atoms with van der Waals surface area (Å²) in [5, 5.41) is 1.08. The second-order valence-electron chi connectivity index (χ2n) is 3.80. The van der Waals surface area contributed by atoms with E-state index in [0.717, 1.165) is 5.56 Å². The van der Waals surface area contributed by atoms with Crippen LogP contribution in [-0.2, 0) is 6.42 Å². The van der Waals surface area contributed by atoms with Crippen LogP contribution in [0.1, 0.15) is 16.0 Å². The highest BCUT2D eigenvalue weighted by molar-refractivity contribution is 9.09. The first-order valence-corrected chi connectivity index (χ1v) is 6.92. The fourth-order valence-corrected chi connectivity index (χ4v) is 2.70. The standard InChI is InChI=1S/C13H9BrCl2FN/c14-11(5-8-3-4-18-7-12(8)16)10-6-9(15)1-2-13(10)17/h1-4,6-7,11H,5H2. The summed E-state index contributed by atoms with van der Waals surface area (Å²) in [6.45, 7) is 0. The minimum absolute atomic E-state index is 0.184. The number of nitrogens with zero attached hydrogens (tertiary/aromatic N) is 1. The first-order valence-electron chi connectivity index (χ1n) is 5.25. The molecule has 0 fully saturated rings. The molecule has 1 nitrogen and oxygen atoms in total. The highest BCUT2D eigenvalue weighted by atomic mass is 79.9. The Bertz CT molecular complexity index is 562. The van der Waals surface area contributed by atoms with Crippen molar-refractivity contribution in [2.24, 2.45) is 0 Å². The molecule has 18 heavy (non-hydrogen) atoms. The fourth-order valence-electron chi connectivity index (χ4n) is 1.63. The maximum Gasteiger partial charge on any atom is 0.127 e. The van der Waals surface area contributed by atoms with E-state index in [1.807, 2.05) is 6.07 Å². The number of hydrogen-bond donors (Lipinski definition) is 0. The first kappa shape index (κ1) is 13.8. The summed E-state index contributed by atoms with van der Waals surface area (Å²) >= 11 is 15.4. The van der Waals surface area contributed by atoms with Crippen LogP contribution in [0.4, 0.5) is 4.39 Å². The molecule has 0 amide bonds. The third-order valence-electron chi connectivity index (χ3n) is 2.55. The van der Waals surface area contributed by atoms with Gasteiger partial charge in [0.15, 0.2) is 0 Å². The molecule has 1 atom stereocenters. The predicted molar refractivity (Wildman–Crippen MR) is 76.0 cm³/mol. The normalized spacial score (nSPS) is 12.4. The van der Waals surface area contributed by atoms with Crippen LogP contribution in [0, 0.1) is 5.82 Å². The Morgan fingerprint density at radius 1 is 1.28 bits per heavy atom. The molecule has 0 aliphatic heterocycles. The molecule has 0 N–H and O–H groups in total. The van der Waals surface area contributed by atoms with E-state index in [1.165, 1.54) is 12.1 Å². The summed E-state index contributed by atoms with van der Waals surface area (Å²) in [6, 6.07) is 6.32. The number of benzene rings is 1. The molecule has 5 heteroatoms. The number of aromatic nitrogens is 1. The van der Waals surface area contributed by atoms with Gasteiger partial charge in [-0.25, -0.2) is 4.39 Å². The van der Waals surface area contributed by atoms with Crippen molar-refractivity contribution in [3.63, 3.8) is 0 Å². The molecule has 0 radical (unpaired) electrons. The smallest absolute Gasteiger partial charge is 0.127 e. The van der Waals surface area contributed by atoms with E-state index in [2.05, 4.69) is 20.9 Å². The second kappa shape index (κ2) is 6.00. The number of pyridine rings is 1. The molecular weight excluding hydrogens is 340 g/mol. The van der Waals surface area contributed by atoms with Gasteiger partial charge in [-0.1, -0.05) is 39.1 Å². The van der Waals surface area contributed by atoms with Crippen LogP contribution in [0.15, 0.2) is 36.7 Å². The minimum atomic E-state index is -0.286. The average Bonchev–Trinajstić information content (AvgIpc) is 2.35. The molecule has 1 unspecified atom stereocenters. The third kappa shape index (κ3) is 3.22. The molecule has 0 saturated heterocycles. The van der Waals surface area contributed by atoms with E-state index < -0.39 is 0 Å². The molecule has 2 rings (SSSR count). The summed E-state index contributed by atoms with van der Waals surface area (Å²) in [5.74, 6) is -0.286. The van der Waals surface area contributed by atoms with Gasteiger partial charge in [0.2, 0.25) is 0 Å². The lowest BCUT2D eigenvalue weighted by atomic mass is 10.0. The Kier molecular flexibility index (Phi) is 4.60. The number of hydrogen-bond acceptors (Lipinski definition) is 1. The predicted octanol–water partition coefficient (Wildman–Crippen LogP) is 5.21.